The van der Waals surface area contributed by atoms with Crippen LogP contribution in [0.4, 0.5) is 5.69 Å². The fraction of sp³-hybridized carbons (Fsp3) is 0.571. The van der Waals surface area contributed by atoms with Gasteiger partial charge in [0.25, 0.3) is 0 Å². The largest absolute Gasteiger partial charge is 0.496 e. The molecule has 1 aromatic rings. The average molecular weight is 252 g/mol. The first-order chi connectivity index (χ1) is 8.61. The van der Waals surface area contributed by atoms with Gasteiger partial charge in [0.05, 0.1) is 7.11 Å². The SMILES string of the molecule is COCCCN(C)c1cccc(OC)c1[C@@H](C)N. The maximum atomic E-state index is 6.05. The van der Waals surface area contributed by atoms with Crippen LogP contribution < -0.4 is 15.4 Å². The van der Waals surface area contributed by atoms with E-state index in [0.29, 0.717) is 0 Å². The van der Waals surface area contributed by atoms with Gasteiger partial charge in [-0.15, -0.1) is 0 Å². The predicted octanol–water partition coefficient (Wildman–Crippen LogP) is 2.19. The summed E-state index contributed by atoms with van der Waals surface area (Å²) in [5, 5.41) is 0. The molecule has 0 saturated carbocycles. The molecule has 4 heteroatoms. The Bertz CT molecular complexity index is 367. The molecule has 1 aromatic carbocycles. The Hall–Kier alpha value is -1.26. The van der Waals surface area contributed by atoms with Gasteiger partial charge in [-0.2, -0.15) is 0 Å². The van der Waals surface area contributed by atoms with Crippen LogP contribution in [0.1, 0.15) is 24.9 Å². The molecular weight excluding hydrogens is 228 g/mol. The van der Waals surface area contributed by atoms with Crippen molar-refractivity contribution in [3.63, 3.8) is 0 Å². The number of nitrogens with two attached hydrogens (primary N) is 1. The van der Waals surface area contributed by atoms with Crippen molar-refractivity contribution in [1.82, 2.24) is 0 Å². The molecule has 18 heavy (non-hydrogen) atoms. The molecule has 1 atom stereocenters. The van der Waals surface area contributed by atoms with E-state index < -0.39 is 0 Å². The fourth-order valence-corrected chi connectivity index (χ4v) is 2.07. The second-order valence-electron chi connectivity index (χ2n) is 4.45. The van der Waals surface area contributed by atoms with Crippen molar-refractivity contribution in [2.45, 2.75) is 19.4 Å². The summed E-state index contributed by atoms with van der Waals surface area (Å²) in [6.07, 6.45) is 0.989. The molecule has 0 radical (unpaired) electrons. The normalized spacial score (nSPS) is 12.3. The average Bonchev–Trinajstić information content (AvgIpc) is 2.37. The van der Waals surface area contributed by atoms with E-state index in [1.807, 2.05) is 19.1 Å². The minimum Gasteiger partial charge on any atom is -0.496 e. The van der Waals surface area contributed by atoms with E-state index in [2.05, 4.69) is 18.0 Å². The molecular formula is C14H24N2O2. The van der Waals surface area contributed by atoms with E-state index in [0.717, 1.165) is 36.6 Å². The van der Waals surface area contributed by atoms with Crippen LogP contribution in [0, 0.1) is 0 Å². The lowest BCUT2D eigenvalue weighted by molar-refractivity contribution is 0.196. The van der Waals surface area contributed by atoms with Crippen LogP contribution in [0.2, 0.25) is 0 Å². The topological polar surface area (TPSA) is 47.7 Å². The highest BCUT2D eigenvalue weighted by molar-refractivity contribution is 5.60. The van der Waals surface area contributed by atoms with Crippen LogP contribution in [0.3, 0.4) is 0 Å². The standard InChI is InChI=1S/C14H24N2O2/c1-11(15)14-12(7-5-8-13(14)18-4)16(2)9-6-10-17-3/h5,7-8,11H,6,9-10,15H2,1-4H3/t11-/m1/s1. The molecule has 0 fully saturated rings. The van der Waals surface area contributed by atoms with E-state index in [1.165, 1.54) is 0 Å². The van der Waals surface area contributed by atoms with Gasteiger partial charge < -0.3 is 20.1 Å². The minimum atomic E-state index is -0.0546. The summed E-state index contributed by atoms with van der Waals surface area (Å²) in [5.41, 5.74) is 8.23. The summed E-state index contributed by atoms with van der Waals surface area (Å²) in [5.74, 6) is 0.848. The monoisotopic (exact) mass is 252 g/mol. The van der Waals surface area contributed by atoms with Gasteiger partial charge in [-0.25, -0.2) is 0 Å². The van der Waals surface area contributed by atoms with Crippen molar-refractivity contribution < 1.29 is 9.47 Å². The Balaban J connectivity index is 2.92. The molecule has 0 spiro atoms. The highest BCUT2D eigenvalue weighted by atomic mass is 16.5. The lowest BCUT2D eigenvalue weighted by Crippen LogP contribution is -2.23. The van der Waals surface area contributed by atoms with Gasteiger partial charge in [-0.3, -0.25) is 0 Å². The number of rotatable bonds is 7. The molecule has 2 N–H and O–H groups in total. The van der Waals surface area contributed by atoms with Crippen LogP contribution in [0.5, 0.6) is 5.75 Å². The van der Waals surface area contributed by atoms with Crippen molar-refractivity contribution in [1.29, 1.82) is 0 Å². The van der Waals surface area contributed by atoms with E-state index in [9.17, 15) is 0 Å². The number of anilines is 1. The number of methoxy groups -OCH3 is 2. The Morgan fingerprint density at radius 1 is 1.33 bits per heavy atom. The van der Waals surface area contributed by atoms with E-state index >= 15 is 0 Å². The number of benzene rings is 1. The third kappa shape index (κ3) is 3.62. The zero-order valence-corrected chi connectivity index (χ0v) is 11.8. The van der Waals surface area contributed by atoms with Crippen molar-refractivity contribution in [2.24, 2.45) is 5.73 Å². The van der Waals surface area contributed by atoms with Gasteiger partial charge in [-0.05, 0) is 25.5 Å². The molecule has 4 nitrogen and oxygen atoms in total. The molecule has 0 saturated heterocycles. The number of hydrogen-bond acceptors (Lipinski definition) is 4. The molecule has 0 aliphatic rings. The lowest BCUT2D eigenvalue weighted by atomic mass is 10.0. The molecule has 0 amide bonds. The Kier molecular flexibility index (Phi) is 5.95. The van der Waals surface area contributed by atoms with Gasteiger partial charge in [0, 0.05) is 44.6 Å². The van der Waals surface area contributed by atoms with Crippen molar-refractivity contribution in [3.05, 3.63) is 23.8 Å². The molecule has 0 unspecified atom stereocenters. The molecule has 0 aromatic heterocycles. The van der Waals surface area contributed by atoms with Gasteiger partial charge in [0.1, 0.15) is 5.75 Å². The highest BCUT2D eigenvalue weighted by Crippen LogP contribution is 2.33. The van der Waals surface area contributed by atoms with Gasteiger partial charge in [0.15, 0.2) is 0 Å². The maximum Gasteiger partial charge on any atom is 0.125 e. The molecule has 0 aliphatic heterocycles. The highest BCUT2D eigenvalue weighted by Gasteiger charge is 2.15. The summed E-state index contributed by atoms with van der Waals surface area (Å²) in [6.45, 7) is 3.67. The van der Waals surface area contributed by atoms with Crippen LogP contribution in [-0.2, 0) is 4.74 Å². The predicted molar refractivity (Wildman–Crippen MR) is 75.4 cm³/mol. The third-order valence-corrected chi connectivity index (χ3v) is 2.97. The molecule has 1 rings (SSSR count). The zero-order chi connectivity index (χ0) is 13.5. The fourth-order valence-electron chi connectivity index (χ4n) is 2.07. The third-order valence-electron chi connectivity index (χ3n) is 2.97. The van der Waals surface area contributed by atoms with E-state index in [4.69, 9.17) is 15.2 Å². The van der Waals surface area contributed by atoms with Crippen LogP contribution in [-0.4, -0.2) is 34.4 Å². The van der Waals surface area contributed by atoms with Crippen molar-refractivity contribution >= 4 is 5.69 Å². The first kappa shape index (κ1) is 14.8. The van der Waals surface area contributed by atoms with Crippen molar-refractivity contribution in [3.8, 4) is 5.75 Å². The number of ether oxygens (including phenoxy) is 2. The van der Waals surface area contributed by atoms with Crippen LogP contribution >= 0.6 is 0 Å². The van der Waals surface area contributed by atoms with Gasteiger partial charge in [0.2, 0.25) is 0 Å². The minimum absolute atomic E-state index is 0.0546. The maximum absolute atomic E-state index is 6.05. The van der Waals surface area contributed by atoms with Crippen molar-refractivity contribution in [2.75, 3.05) is 39.3 Å². The van der Waals surface area contributed by atoms with Crippen LogP contribution in [0.15, 0.2) is 18.2 Å². The Morgan fingerprint density at radius 2 is 2.06 bits per heavy atom. The Morgan fingerprint density at radius 3 is 2.61 bits per heavy atom. The summed E-state index contributed by atoms with van der Waals surface area (Å²) in [4.78, 5) is 2.19. The lowest BCUT2D eigenvalue weighted by Gasteiger charge is -2.25. The first-order valence-corrected chi connectivity index (χ1v) is 6.24. The summed E-state index contributed by atoms with van der Waals surface area (Å²) in [7, 11) is 5.46. The van der Waals surface area contributed by atoms with E-state index in [1.54, 1.807) is 14.2 Å². The molecule has 0 aliphatic carbocycles. The summed E-state index contributed by atoms with van der Waals surface area (Å²) < 4.78 is 10.5. The Labute approximate surface area is 110 Å². The summed E-state index contributed by atoms with van der Waals surface area (Å²) >= 11 is 0. The second-order valence-corrected chi connectivity index (χ2v) is 4.45. The first-order valence-electron chi connectivity index (χ1n) is 6.24. The van der Waals surface area contributed by atoms with Crippen LogP contribution in [0.25, 0.3) is 0 Å². The zero-order valence-electron chi connectivity index (χ0n) is 11.8. The van der Waals surface area contributed by atoms with E-state index in [-0.39, 0.29) is 6.04 Å². The summed E-state index contributed by atoms with van der Waals surface area (Å²) in [6, 6.07) is 5.97. The quantitative estimate of drug-likeness (QED) is 0.756. The molecule has 0 bridgehead atoms. The molecule has 102 valence electrons. The smallest absolute Gasteiger partial charge is 0.125 e. The van der Waals surface area contributed by atoms with Gasteiger partial charge >= 0.3 is 0 Å². The second kappa shape index (κ2) is 7.24. The van der Waals surface area contributed by atoms with Gasteiger partial charge in [-0.1, -0.05) is 6.07 Å². The molecule has 0 heterocycles. The number of hydrogen-bond donors (Lipinski definition) is 1. The number of nitrogens with zero attached hydrogens (tertiary/aromatic N) is 1.